The van der Waals surface area contributed by atoms with Crippen LogP contribution in [0.3, 0.4) is 0 Å². The van der Waals surface area contributed by atoms with Gasteiger partial charge in [-0.15, -0.1) is 13.2 Å². The van der Waals surface area contributed by atoms with Crippen molar-refractivity contribution < 1.29 is 68.6 Å². The number of alkyl halides is 8. The van der Waals surface area contributed by atoms with Crippen LogP contribution in [0.1, 0.15) is 26.7 Å². The fourth-order valence-corrected chi connectivity index (χ4v) is 5.53. The third kappa shape index (κ3) is 7.84. The molecule has 4 amide bonds. The van der Waals surface area contributed by atoms with Crippen LogP contribution in [0.5, 0.6) is 0 Å². The maximum atomic E-state index is 13.5. The molecule has 2 aliphatic heterocycles. The van der Waals surface area contributed by atoms with Crippen LogP contribution in [0.15, 0.2) is 0 Å². The summed E-state index contributed by atoms with van der Waals surface area (Å²) in [6.07, 6.45) is -10.9. The molecule has 0 aromatic rings. The lowest BCUT2D eigenvalue weighted by Crippen LogP contribution is -2.59. The van der Waals surface area contributed by atoms with Crippen LogP contribution in [0, 0.1) is 23.2 Å². The monoisotopic (exact) mass is 624 g/mol. The Balaban J connectivity index is 1.84. The number of likely N-dealkylation sites (tertiary alicyclic amines) is 1. The Labute approximate surface area is 233 Å². The summed E-state index contributed by atoms with van der Waals surface area (Å²) in [4.78, 5) is 63.7. The van der Waals surface area contributed by atoms with Crippen molar-refractivity contribution in [1.82, 2.24) is 20.9 Å². The Bertz CT molecular complexity index is 1080. The van der Waals surface area contributed by atoms with Gasteiger partial charge in [0.1, 0.15) is 18.7 Å². The van der Waals surface area contributed by atoms with Crippen molar-refractivity contribution in [2.75, 3.05) is 26.3 Å². The molecule has 0 aromatic heterocycles. The zero-order chi connectivity index (χ0) is 31.8. The zero-order valence-corrected chi connectivity index (χ0v) is 22.1. The minimum absolute atomic E-state index is 0.203. The summed E-state index contributed by atoms with van der Waals surface area (Å²) < 4.78 is 109. The minimum Gasteiger partial charge on any atom is -0.356 e. The van der Waals surface area contributed by atoms with Gasteiger partial charge in [-0.2, -0.15) is 22.0 Å². The molecule has 0 bridgehead atoms. The molecule has 6 atom stereocenters. The second-order valence-corrected chi connectivity index (χ2v) is 10.8. The second-order valence-electron chi connectivity index (χ2n) is 10.8. The number of ketones is 1. The summed E-state index contributed by atoms with van der Waals surface area (Å²) in [6.45, 7) is -3.04. The molecule has 19 heteroatoms. The molecular formula is C23H28F8N4O7. The lowest BCUT2D eigenvalue weighted by atomic mass is 9.94. The molecule has 2 heterocycles. The molecule has 1 saturated carbocycles. The van der Waals surface area contributed by atoms with Gasteiger partial charge in [-0.25, -0.2) is 0 Å². The van der Waals surface area contributed by atoms with E-state index in [1.807, 2.05) is 0 Å². The van der Waals surface area contributed by atoms with Crippen LogP contribution in [0.25, 0.3) is 0 Å². The topological polar surface area (TPSA) is 143 Å². The molecule has 0 spiro atoms. The highest BCUT2D eigenvalue weighted by molar-refractivity contribution is 5.97. The third-order valence-electron chi connectivity index (χ3n) is 7.78. The largest absolute Gasteiger partial charge is 0.522 e. The van der Waals surface area contributed by atoms with E-state index in [0.717, 1.165) is 4.90 Å². The number of carbonyl (C=O) groups is 5. The standard InChI is InChI=1S/C23H28F8N4O7/c1-21(2)10-6-35(18(39)12(7-41-20(24)25)34-19(40)22(26,27)28)15(14(10)21)17(38)33-11(5-9-3-4-32-16(9)37)13(36)8-42-23(29,30)31/h9-12,14-15,20H,3-8H2,1-2H3,(H,32,37)(H,33,38)(H,34,40)/t9-,10-,11-,12-,14-,15-/m0/s1. The smallest absolute Gasteiger partial charge is 0.356 e. The highest BCUT2D eigenvalue weighted by Gasteiger charge is 2.69. The lowest BCUT2D eigenvalue weighted by molar-refractivity contribution is -0.321. The van der Waals surface area contributed by atoms with E-state index >= 15 is 0 Å². The van der Waals surface area contributed by atoms with E-state index in [2.05, 4.69) is 20.1 Å². The zero-order valence-electron chi connectivity index (χ0n) is 22.1. The van der Waals surface area contributed by atoms with Crippen molar-refractivity contribution in [3.63, 3.8) is 0 Å². The van der Waals surface area contributed by atoms with E-state index in [4.69, 9.17) is 0 Å². The fourth-order valence-electron chi connectivity index (χ4n) is 5.53. The Morgan fingerprint density at radius 2 is 1.71 bits per heavy atom. The van der Waals surface area contributed by atoms with Crippen LogP contribution >= 0.6 is 0 Å². The highest BCUT2D eigenvalue weighted by atomic mass is 19.4. The van der Waals surface area contributed by atoms with Crippen molar-refractivity contribution in [2.45, 2.75) is 64.0 Å². The van der Waals surface area contributed by atoms with Crippen LogP contribution in [-0.2, 0) is 33.4 Å². The van der Waals surface area contributed by atoms with Crippen LogP contribution in [-0.4, -0.2) is 97.9 Å². The van der Waals surface area contributed by atoms with Crippen LogP contribution < -0.4 is 16.0 Å². The number of hydrogen-bond donors (Lipinski definition) is 3. The number of nitrogens with zero attached hydrogens (tertiary/aromatic N) is 1. The van der Waals surface area contributed by atoms with Gasteiger partial charge in [-0.05, 0) is 30.1 Å². The fraction of sp³-hybridized carbons (Fsp3) is 0.783. The molecule has 3 rings (SSSR count). The number of nitrogens with one attached hydrogen (secondary N) is 3. The average Bonchev–Trinajstić information content (AvgIpc) is 3.21. The number of Topliss-reactive ketones (excluding diaryl/α,β-unsaturated/α-hetero) is 1. The van der Waals surface area contributed by atoms with Crippen molar-refractivity contribution in [2.24, 2.45) is 23.2 Å². The van der Waals surface area contributed by atoms with Gasteiger partial charge in [0.15, 0.2) is 5.78 Å². The number of rotatable bonds is 12. The first kappa shape index (κ1) is 33.4. The van der Waals surface area contributed by atoms with E-state index < -0.39 is 109 Å². The Kier molecular flexibility index (Phi) is 9.75. The normalized spacial score (nSPS) is 26.4. The van der Waals surface area contributed by atoms with Crippen molar-refractivity contribution >= 4 is 29.4 Å². The van der Waals surface area contributed by atoms with Gasteiger partial charge in [0.05, 0.1) is 12.6 Å². The van der Waals surface area contributed by atoms with Gasteiger partial charge in [0.2, 0.25) is 17.7 Å². The lowest BCUT2D eigenvalue weighted by Gasteiger charge is -2.34. The van der Waals surface area contributed by atoms with Crippen molar-refractivity contribution in [1.29, 1.82) is 0 Å². The van der Waals surface area contributed by atoms with Crippen molar-refractivity contribution in [3.8, 4) is 0 Å². The molecular weight excluding hydrogens is 596 g/mol. The van der Waals surface area contributed by atoms with Crippen LogP contribution in [0.2, 0.25) is 0 Å². The third-order valence-corrected chi connectivity index (χ3v) is 7.78. The molecule has 42 heavy (non-hydrogen) atoms. The quantitative estimate of drug-likeness (QED) is 0.274. The maximum Gasteiger partial charge on any atom is 0.522 e. The second kappa shape index (κ2) is 12.3. The molecule has 2 saturated heterocycles. The van der Waals surface area contributed by atoms with Gasteiger partial charge in [0.25, 0.3) is 0 Å². The first-order chi connectivity index (χ1) is 19.2. The Hall–Kier alpha value is -3.09. The minimum atomic E-state index is -5.49. The van der Waals surface area contributed by atoms with Crippen molar-refractivity contribution in [3.05, 3.63) is 0 Å². The first-order valence-corrected chi connectivity index (χ1v) is 12.6. The summed E-state index contributed by atoms with van der Waals surface area (Å²) in [7, 11) is 0. The van der Waals surface area contributed by atoms with Gasteiger partial charge in [-0.1, -0.05) is 13.8 Å². The van der Waals surface area contributed by atoms with Gasteiger partial charge in [-0.3, -0.25) is 28.7 Å². The van der Waals surface area contributed by atoms with Gasteiger partial charge in [0, 0.05) is 19.0 Å². The molecule has 3 N–H and O–H groups in total. The number of hydrogen-bond acceptors (Lipinski definition) is 7. The van der Waals surface area contributed by atoms with E-state index in [1.54, 1.807) is 13.8 Å². The molecule has 3 fully saturated rings. The number of halogens is 8. The van der Waals surface area contributed by atoms with E-state index in [0.29, 0.717) is 0 Å². The molecule has 0 radical (unpaired) electrons. The molecule has 238 valence electrons. The van der Waals surface area contributed by atoms with Crippen LogP contribution in [0.4, 0.5) is 35.1 Å². The van der Waals surface area contributed by atoms with E-state index in [-0.39, 0.29) is 19.5 Å². The SMILES string of the molecule is CC1(C)[C@@H]2[C@@H](C(=O)N[C@@H](C[C@@H]3CCNC3=O)C(=O)COC(F)(F)F)N(C(=O)[C@H](COC(F)F)NC(=O)C(F)(F)F)C[C@@H]21. The number of fused-ring (bicyclic) bond motifs is 1. The Morgan fingerprint density at radius 3 is 2.24 bits per heavy atom. The highest BCUT2D eigenvalue weighted by Crippen LogP contribution is 2.64. The van der Waals surface area contributed by atoms with Gasteiger partial charge >= 0.3 is 25.1 Å². The molecule has 0 unspecified atom stereocenters. The number of piperidine rings is 1. The molecule has 1 aliphatic carbocycles. The summed E-state index contributed by atoms with van der Waals surface area (Å²) in [5.74, 6) is -8.75. The maximum absolute atomic E-state index is 13.5. The summed E-state index contributed by atoms with van der Waals surface area (Å²) in [5, 5.41) is 6.00. The first-order valence-electron chi connectivity index (χ1n) is 12.6. The number of carbonyl (C=O) groups excluding carboxylic acids is 5. The van der Waals surface area contributed by atoms with Gasteiger partial charge < -0.3 is 25.6 Å². The molecule has 11 nitrogen and oxygen atoms in total. The number of amides is 4. The molecule has 3 aliphatic rings. The number of ether oxygens (including phenoxy) is 2. The summed E-state index contributed by atoms with van der Waals surface area (Å²) in [6, 6.07) is -5.48. The predicted molar refractivity (Wildman–Crippen MR) is 121 cm³/mol. The molecule has 0 aromatic carbocycles. The predicted octanol–water partition coefficient (Wildman–Crippen LogP) is 0.872. The Morgan fingerprint density at radius 1 is 1.07 bits per heavy atom. The summed E-state index contributed by atoms with van der Waals surface area (Å²) >= 11 is 0. The van der Waals surface area contributed by atoms with E-state index in [1.165, 1.54) is 5.32 Å². The van der Waals surface area contributed by atoms with E-state index in [9.17, 15) is 59.1 Å². The average molecular weight is 624 g/mol. The summed E-state index contributed by atoms with van der Waals surface area (Å²) in [5.41, 5.74) is -0.604.